The second-order valence-electron chi connectivity index (χ2n) is 5.38. The van der Waals surface area contributed by atoms with Crippen LogP contribution < -0.4 is 5.32 Å². The van der Waals surface area contributed by atoms with E-state index in [0.29, 0.717) is 13.0 Å². The average molecular weight is 314 g/mol. The third-order valence-electron chi connectivity index (χ3n) is 3.88. The quantitative estimate of drug-likeness (QED) is 0.757. The van der Waals surface area contributed by atoms with Crippen molar-refractivity contribution < 1.29 is 13.6 Å². The van der Waals surface area contributed by atoms with E-state index in [1.807, 2.05) is 31.2 Å². The summed E-state index contributed by atoms with van der Waals surface area (Å²) < 4.78 is 27.1. The third kappa shape index (κ3) is 2.95. The van der Waals surface area contributed by atoms with Crippen LogP contribution in [0.4, 0.5) is 8.78 Å². The molecule has 0 bridgehead atoms. The Labute approximate surface area is 132 Å². The zero-order valence-corrected chi connectivity index (χ0v) is 12.6. The van der Waals surface area contributed by atoms with Gasteiger partial charge in [0.05, 0.1) is 0 Å². The van der Waals surface area contributed by atoms with E-state index in [4.69, 9.17) is 0 Å². The molecule has 1 heterocycles. The van der Waals surface area contributed by atoms with Gasteiger partial charge < -0.3 is 10.3 Å². The molecule has 3 nitrogen and oxygen atoms in total. The van der Waals surface area contributed by atoms with Gasteiger partial charge in [-0.1, -0.05) is 24.3 Å². The Kier molecular flexibility index (Phi) is 4.10. The van der Waals surface area contributed by atoms with Crippen molar-refractivity contribution in [1.82, 2.24) is 10.3 Å². The Morgan fingerprint density at radius 1 is 1.09 bits per heavy atom. The molecule has 0 aliphatic rings. The highest BCUT2D eigenvalue weighted by Crippen LogP contribution is 2.22. The summed E-state index contributed by atoms with van der Waals surface area (Å²) in [6.07, 6.45) is 0.581. The number of carbonyl (C=O) groups excluding carboxylic acids is 1. The molecule has 3 aromatic rings. The third-order valence-corrected chi connectivity index (χ3v) is 3.88. The lowest BCUT2D eigenvalue weighted by Crippen LogP contribution is -2.27. The highest BCUT2D eigenvalue weighted by atomic mass is 19.1. The highest BCUT2D eigenvalue weighted by molar-refractivity contribution is 5.94. The van der Waals surface area contributed by atoms with Crippen LogP contribution in [0.5, 0.6) is 0 Å². The lowest BCUT2D eigenvalue weighted by Gasteiger charge is -2.07. The number of para-hydroxylation sites is 1. The van der Waals surface area contributed by atoms with Gasteiger partial charge in [-0.2, -0.15) is 0 Å². The number of aromatic nitrogens is 1. The van der Waals surface area contributed by atoms with Gasteiger partial charge in [0.1, 0.15) is 17.2 Å². The molecule has 1 aromatic heterocycles. The normalized spacial score (nSPS) is 10.9. The van der Waals surface area contributed by atoms with E-state index in [2.05, 4.69) is 10.3 Å². The first-order valence-electron chi connectivity index (χ1n) is 7.36. The molecule has 0 aliphatic carbocycles. The first-order chi connectivity index (χ1) is 11.1. The van der Waals surface area contributed by atoms with Crippen molar-refractivity contribution >= 4 is 16.8 Å². The molecule has 1 amide bonds. The van der Waals surface area contributed by atoms with E-state index in [1.165, 1.54) is 6.07 Å². The van der Waals surface area contributed by atoms with E-state index in [-0.39, 0.29) is 0 Å². The molecule has 118 valence electrons. The first-order valence-corrected chi connectivity index (χ1v) is 7.36. The second-order valence-corrected chi connectivity index (χ2v) is 5.38. The fourth-order valence-corrected chi connectivity index (χ4v) is 2.76. The predicted octanol–water partition coefficient (Wildman–Crippen LogP) is 3.73. The number of nitrogens with one attached hydrogen (secondary N) is 2. The van der Waals surface area contributed by atoms with Gasteiger partial charge >= 0.3 is 0 Å². The number of carbonyl (C=O) groups is 1. The number of hydrogen-bond donors (Lipinski definition) is 2. The molecule has 2 N–H and O–H groups in total. The lowest BCUT2D eigenvalue weighted by atomic mass is 10.1. The highest BCUT2D eigenvalue weighted by Gasteiger charge is 2.16. The van der Waals surface area contributed by atoms with Crippen LogP contribution in [-0.4, -0.2) is 17.4 Å². The van der Waals surface area contributed by atoms with Crippen LogP contribution in [-0.2, 0) is 6.42 Å². The van der Waals surface area contributed by atoms with Gasteiger partial charge in [-0.25, -0.2) is 8.78 Å². The van der Waals surface area contributed by atoms with Gasteiger partial charge in [-0.05, 0) is 37.1 Å². The fourth-order valence-electron chi connectivity index (χ4n) is 2.76. The van der Waals surface area contributed by atoms with Gasteiger partial charge in [-0.15, -0.1) is 0 Å². The molecule has 2 aromatic carbocycles. The van der Waals surface area contributed by atoms with Gasteiger partial charge in [0.2, 0.25) is 0 Å². The van der Waals surface area contributed by atoms with Crippen molar-refractivity contribution in [1.29, 1.82) is 0 Å². The van der Waals surface area contributed by atoms with Crippen LogP contribution in [0.1, 0.15) is 21.6 Å². The molecule has 0 atom stereocenters. The van der Waals surface area contributed by atoms with Crippen molar-refractivity contribution in [2.75, 3.05) is 6.54 Å². The summed E-state index contributed by atoms with van der Waals surface area (Å²) in [4.78, 5) is 15.2. The molecule has 0 aliphatic heterocycles. The Morgan fingerprint density at radius 2 is 1.78 bits per heavy atom. The number of halogens is 2. The molecular weight excluding hydrogens is 298 g/mol. The van der Waals surface area contributed by atoms with Crippen LogP contribution in [0.2, 0.25) is 0 Å². The Hall–Kier alpha value is -2.69. The molecular formula is C18H16F2N2O. The summed E-state index contributed by atoms with van der Waals surface area (Å²) in [5, 5.41) is 3.67. The van der Waals surface area contributed by atoms with E-state index in [9.17, 15) is 13.6 Å². The summed E-state index contributed by atoms with van der Waals surface area (Å²) in [6.45, 7) is 2.27. The summed E-state index contributed by atoms with van der Waals surface area (Å²) in [6, 6.07) is 11.3. The molecule has 0 unspecified atom stereocenters. The van der Waals surface area contributed by atoms with Crippen LogP contribution in [0.15, 0.2) is 42.5 Å². The van der Waals surface area contributed by atoms with E-state index in [1.54, 1.807) is 0 Å². The summed E-state index contributed by atoms with van der Waals surface area (Å²) in [5.41, 5.74) is 2.61. The van der Waals surface area contributed by atoms with Gasteiger partial charge in [0, 0.05) is 23.1 Å². The number of fused-ring (bicyclic) bond motifs is 1. The number of H-pyrrole nitrogens is 1. The molecule has 0 saturated carbocycles. The van der Waals surface area contributed by atoms with Crippen LogP contribution >= 0.6 is 0 Å². The molecule has 23 heavy (non-hydrogen) atoms. The second kappa shape index (κ2) is 6.20. The molecule has 0 saturated heterocycles. The van der Waals surface area contributed by atoms with Gasteiger partial charge in [0.15, 0.2) is 0 Å². The summed E-state index contributed by atoms with van der Waals surface area (Å²) in [7, 11) is 0. The van der Waals surface area contributed by atoms with Crippen LogP contribution in [0, 0.1) is 18.6 Å². The summed E-state index contributed by atoms with van der Waals surface area (Å²) >= 11 is 0. The number of aryl methyl sites for hydroxylation is 1. The van der Waals surface area contributed by atoms with Crippen molar-refractivity contribution in [2.24, 2.45) is 0 Å². The monoisotopic (exact) mass is 314 g/mol. The molecule has 5 heteroatoms. The number of aromatic amines is 1. The zero-order valence-electron chi connectivity index (χ0n) is 12.6. The van der Waals surface area contributed by atoms with E-state index in [0.717, 1.165) is 34.3 Å². The SMILES string of the molecule is Cc1[nH]c2ccccc2c1CCNC(=O)c1c(F)cccc1F. The van der Waals surface area contributed by atoms with E-state index >= 15 is 0 Å². The smallest absolute Gasteiger partial charge is 0.257 e. The maximum Gasteiger partial charge on any atom is 0.257 e. The number of benzene rings is 2. The fraction of sp³-hybridized carbons (Fsp3) is 0.167. The first kappa shape index (κ1) is 15.2. The topological polar surface area (TPSA) is 44.9 Å². The summed E-state index contributed by atoms with van der Waals surface area (Å²) in [5.74, 6) is -2.45. The number of hydrogen-bond acceptors (Lipinski definition) is 1. The molecule has 0 fully saturated rings. The van der Waals surface area contributed by atoms with Crippen molar-refractivity contribution in [3.05, 3.63) is 70.9 Å². The van der Waals surface area contributed by atoms with Gasteiger partial charge in [0.25, 0.3) is 5.91 Å². The number of rotatable bonds is 4. The van der Waals surface area contributed by atoms with Crippen LogP contribution in [0.3, 0.4) is 0 Å². The molecule has 0 spiro atoms. The standard InChI is InChI=1S/C18H16F2N2O/c1-11-12(13-5-2-3-8-16(13)22-11)9-10-21-18(23)17-14(19)6-4-7-15(17)20/h2-8,22H,9-10H2,1H3,(H,21,23). The molecule has 0 radical (unpaired) electrons. The van der Waals surface area contributed by atoms with Crippen molar-refractivity contribution in [3.63, 3.8) is 0 Å². The minimum absolute atomic E-state index is 0.301. The van der Waals surface area contributed by atoms with Crippen molar-refractivity contribution in [3.8, 4) is 0 Å². The van der Waals surface area contributed by atoms with Crippen LogP contribution in [0.25, 0.3) is 10.9 Å². The van der Waals surface area contributed by atoms with Gasteiger partial charge in [-0.3, -0.25) is 4.79 Å². The Bertz CT molecular complexity index is 850. The lowest BCUT2D eigenvalue weighted by molar-refractivity contribution is 0.0945. The maximum absolute atomic E-state index is 13.6. The average Bonchev–Trinajstić information content (AvgIpc) is 2.83. The Morgan fingerprint density at radius 3 is 2.52 bits per heavy atom. The largest absolute Gasteiger partial charge is 0.358 e. The number of amides is 1. The minimum Gasteiger partial charge on any atom is -0.358 e. The maximum atomic E-state index is 13.6. The predicted molar refractivity (Wildman–Crippen MR) is 85.4 cm³/mol. The van der Waals surface area contributed by atoms with E-state index < -0.39 is 23.1 Å². The zero-order chi connectivity index (χ0) is 16.4. The van der Waals surface area contributed by atoms with Crippen molar-refractivity contribution in [2.45, 2.75) is 13.3 Å². The Balaban J connectivity index is 1.72. The minimum atomic E-state index is -0.856. The molecule has 3 rings (SSSR count).